The van der Waals surface area contributed by atoms with Crippen molar-refractivity contribution in [2.45, 2.75) is 23.4 Å². The molecule has 1 aromatic rings. The molecule has 15 heavy (non-hydrogen) atoms. The molecule has 1 rings (SSSR count). The van der Waals surface area contributed by atoms with Gasteiger partial charge >= 0.3 is 5.97 Å². The Kier molecular flexibility index (Phi) is 5.04. The zero-order valence-corrected chi connectivity index (χ0v) is 10.6. The van der Waals surface area contributed by atoms with Crippen molar-refractivity contribution in [2.24, 2.45) is 0 Å². The Morgan fingerprint density at radius 2 is 2.07 bits per heavy atom. The number of hydrogen-bond acceptors (Lipinski definition) is 2. The third kappa shape index (κ3) is 4.61. The van der Waals surface area contributed by atoms with Crippen LogP contribution in [0.5, 0.6) is 0 Å². The van der Waals surface area contributed by atoms with Crippen LogP contribution >= 0.6 is 22.6 Å². The average Bonchev–Trinajstić information content (AvgIpc) is 2.17. The molecule has 4 heteroatoms. The molecule has 0 fully saturated rings. The SMILES string of the molecule is CC(I)N[C@@H](Cc1ccccc1)C(=O)O. The molecular formula is C11H14INO2. The fourth-order valence-corrected chi connectivity index (χ4v) is 1.78. The first-order valence-electron chi connectivity index (χ1n) is 4.76. The predicted molar refractivity (Wildman–Crippen MR) is 68.2 cm³/mol. The number of aliphatic carboxylic acids is 1. The molecule has 1 aromatic carbocycles. The van der Waals surface area contributed by atoms with E-state index < -0.39 is 12.0 Å². The van der Waals surface area contributed by atoms with Crippen LogP contribution in [0.1, 0.15) is 12.5 Å². The van der Waals surface area contributed by atoms with Crippen molar-refractivity contribution in [1.29, 1.82) is 0 Å². The van der Waals surface area contributed by atoms with E-state index in [2.05, 4.69) is 27.9 Å². The van der Waals surface area contributed by atoms with Crippen molar-refractivity contribution in [1.82, 2.24) is 5.32 Å². The van der Waals surface area contributed by atoms with Gasteiger partial charge in [-0.2, -0.15) is 0 Å². The Hall–Kier alpha value is -0.620. The van der Waals surface area contributed by atoms with Gasteiger partial charge in [0, 0.05) is 0 Å². The highest BCUT2D eigenvalue weighted by Crippen LogP contribution is 2.05. The minimum absolute atomic E-state index is 0.146. The van der Waals surface area contributed by atoms with Crippen molar-refractivity contribution in [3.63, 3.8) is 0 Å². The molecule has 0 aliphatic heterocycles. The van der Waals surface area contributed by atoms with Crippen LogP contribution in [0.3, 0.4) is 0 Å². The van der Waals surface area contributed by atoms with Crippen molar-refractivity contribution in [2.75, 3.05) is 0 Å². The summed E-state index contributed by atoms with van der Waals surface area (Å²) in [5.41, 5.74) is 1.04. The van der Waals surface area contributed by atoms with E-state index in [-0.39, 0.29) is 4.05 Å². The van der Waals surface area contributed by atoms with Crippen LogP contribution in [0, 0.1) is 0 Å². The van der Waals surface area contributed by atoms with Crippen LogP contribution in [-0.2, 0) is 11.2 Å². The molecule has 82 valence electrons. The number of carbonyl (C=O) groups is 1. The average molecular weight is 319 g/mol. The van der Waals surface area contributed by atoms with E-state index in [0.717, 1.165) is 5.56 Å². The van der Waals surface area contributed by atoms with Gasteiger partial charge in [-0.05, 0) is 18.9 Å². The van der Waals surface area contributed by atoms with Gasteiger partial charge in [-0.15, -0.1) is 0 Å². The predicted octanol–water partition coefficient (Wildman–Crippen LogP) is 2.05. The lowest BCUT2D eigenvalue weighted by Gasteiger charge is -2.16. The van der Waals surface area contributed by atoms with Crippen LogP contribution in [0.2, 0.25) is 0 Å². The number of carboxylic acids is 1. The van der Waals surface area contributed by atoms with Gasteiger partial charge in [0.1, 0.15) is 6.04 Å². The van der Waals surface area contributed by atoms with E-state index in [0.29, 0.717) is 6.42 Å². The lowest BCUT2D eigenvalue weighted by molar-refractivity contribution is -0.139. The first-order chi connectivity index (χ1) is 7.09. The van der Waals surface area contributed by atoms with Gasteiger partial charge in [0.05, 0.1) is 4.05 Å². The van der Waals surface area contributed by atoms with E-state index in [4.69, 9.17) is 5.11 Å². The fourth-order valence-electron chi connectivity index (χ4n) is 1.34. The lowest BCUT2D eigenvalue weighted by Crippen LogP contribution is -2.41. The lowest BCUT2D eigenvalue weighted by atomic mass is 10.1. The first-order valence-corrected chi connectivity index (χ1v) is 6.01. The maximum Gasteiger partial charge on any atom is 0.321 e. The molecule has 0 heterocycles. The van der Waals surface area contributed by atoms with Crippen LogP contribution in [0.4, 0.5) is 0 Å². The maximum atomic E-state index is 11.0. The van der Waals surface area contributed by atoms with Gasteiger partial charge in [-0.1, -0.05) is 52.9 Å². The Balaban J connectivity index is 2.63. The second kappa shape index (κ2) is 6.07. The normalized spacial score (nSPS) is 14.5. The molecule has 0 spiro atoms. The topological polar surface area (TPSA) is 49.3 Å². The largest absolute Gasteiger partial charge is 0.480 e. The van der Waals surface area contributed by atoms with E-state index in [1.807, 2.05) is 37.3 Å². The molecule has 0 radical (unpaired) electrons. The highest BCUT2D eigenvalue weighted by atomic mass is 127. The fraction of sp³-hybridized carbons (Fsp3) is 0.364. The molecule has 2 N–H and O–H groups in total. The number of carboxylic acid groups (broad SMARTS) is 1. The zero-order chi connectivity index (χ0) is 11.3. The van der Waals surface area contributed by atoms with Crippen molar-refractivity contribution in [3.8, 4) is 0 Å². The van der Waals surface area contributed by atoms with Crippen LogP contribution in [0.15, 0.2) is 30.3 Å². The monoisotopic (exact) mass is 319 g/mol. The van der Waals surface area contributed by atoms with Gasteiger partial charge in [0.15, 0.2) is 0 Å². The summed E-state index contributed by atoms with van der Waals surface area (Å²) in [5, 5.41) is 12.0. The third-order valence-electron chi connectivity index (χ3n) is 2.01. The number of hydrogen-bond donors (Lipinski definition) is 2. The summed E-state index contributed by atoms with van der Waals surface area (Å²) < 4.78 is 0.146. The van der Waals surface area contributed by atoms with Crippen molar-refractivity contribution < 1.29 is 9.90 Å². The summed E-state index contributed by atoms with van der Waals surface area (Å²) in [6, 6.07) is 9.13. The zero-order valence-electron chi connectivity index (χ0n) is 8.48. The molecular weight excluding hydrogens is 305 g/mol. The Bertz CT molecular complexity index is 314. The standard InChI is InChI=1S/C11H14INO2/c1-8(12)13-10(11(14)15)7-9-5-3-2-4-6-9/h2-6,8,10,13H,7H2,1H3,(H,14,15)/t8?,10-/m0/s1. The van der Waals surface area contributed by atoms with E-state index >= 15 is 0 Å². The molecule has 0 bridgehead atoms. The van der Waals surface area contributed by atoms with E-state index in [1.165, 1.54) is 0 Å². The van der Waals surface area contributed by atoms with Crippen molar-refractivity contribution in [3.05, 3.63) is 35.9 Å². The summed E-state index contributed by atoms with van der Waals surface area (Å²) >= 11 is 2.16. The number of nitrogens with one attached hydrogen (secondary N) is 1. The second-order valence-electron chi connectivity index (χ2n) is 3.36. The molecule has 0 amide bonds. The minimum Gasteiger partial charge on any atom is -0.480 e. The summed E-state index contributed by atoms with van der Waals surface area (Å²) in [6.07, 6.45) is 0.517. The van der Waals surface area contributed by atoms with Crippen LogP contribution in [0.25, 0.3) is 0 Å². The molecule has 0 aliphatic rings. The van der Waals surface area contributed by atoms with Gasteiger partial charge in [-0.3, -0.25) is 10.1 Å². The highest BCUT2D eigenvalue weighted by molar-refractivity contribution is 14.1. The minimum atomic E-state index is -0.803. The number of rotatable bonds is 5. The Morgan fingerprint density at radius 1 is 1.47 bits per heavy atom. The van der Waals surface area contributed by atoms with Crippen molar-refractivity contribution >= 4 is 28.6 Å². The molecule has 0 aliphatic carbocycles. The third-order valence-corrected chi connectivity index (χ3v) is 2.37. The molecule has 0 saturated heterocycles. The number of halogens is 1. The summed E-state index contributed by atoms with van der Waals surface area (Å²) in [7, 11) is 0. The first kappa shape index (κ1) is 12.4. The molecule has 1 unspecified atom stereocenters. The van der Waals surface area contributed by atoms with Gasteiger partial charge in [-0.25, -0.2) is 0 Å². The molecule has 3 nitrogen and oxygen atoms in total. The molecule has 2 atom stereocenters. The van der Waals surface area contributed by atoms with E-state index in [9.17, 15) is 4.79 Å². The van der Waals surface area contributed by atoms with Gasteiger partial charge in [0.25, 0.3) is 0 Å². The summed E-state index contributed by atoms with van der Waals surface area (Å²) in [5.74, 6) is -0.803. The number of alkyl halides is 1. The number of benzene rings is 1. The van der Waals surface area contributed by atoms with Crippen LogP contribution in [-0.4, -0.2) is 21.2 Å². The smallest absolute Gasteiger partial charge is 0.321 e. The molecule has 0 aromatic heterocycles. The Morgan fingerprint density at radius 3 is 2.53 bits per heavy atom. The van der Waals surface area contributed by atoms with Crippen LogP contribution < -0.4 is 5.32 Å². The summed E-state index contributed by atoms with van der Waals surface area (Å²) in [6.45, 7) is 1.93. The van der Waals surface area contributed by atoms with Gasteiger partial charge in [0.2, 0.25) is 0 Å². The quantitative estimate of drug-likeness (QED) is 0.496. The van der Waals surface area contributed by atoms with Gasteiger partial charge < -0.3 is 5.11 Å². The highest BCUT2D eigenvalue weighted by Gasteiger charge is 2.18. The van der Waals surface area contributed by atoms with E-state index in [1.54, 1.807) is 0 Å². The maximum absolute atomic E-state index is 11.0. The second-order valence-corrected chi connectivity index (χ2v) is 5.23. The Labute approximate surface area is 103 Å². The summed E-state index contributed by atoms with van der Waals surface area (Å²) in [4.78, 5) is 11.0. The molecule has 0 saturated carbocycles.